The molecule has 25 heavy (non-hydrogen) atoms. The largest absolute Gasteiger partial charge is 0.383 e. The third-order valence-corrected chi connectivity index (χ3v) is 5.23. The van der Waals surface area contributed by atoms with Crippen molar-refractivity contribution in [3.63, 3.8) is 0 Å². The molecule has 136 valence electrons. The maximum absolute atomic E-state index is 12.9. The molecule has 2 aliphatic heterocycles. The van der Waals surface area contributed by atoms with Crippen molar-refractivity contribution in [1.29, 1.82) is 0 Å². The van der Waals surface area contributed by atoms with Crippen molar-refractivity contribution >= 4 is 11.8 Å². The Bertz CT molecular complexity index is 704. The van der Waals surface area contributed by atoms with Gasteiger partial charge in [0.05, 0.1) is 24.8 Å². The van der Waals surface area contributed by atoms with Crippen LogP contribution in [0, 0.1) is 5.41 Å². The number of rotatable bonds is 5. The van der Waals surface area contributed by atoms with E-state index in [9.17, 15) is 14.4 Å². The molecule has 0 radical (unpaired) electrons. The maximum atomic E-state index is 12.9. The van der Waals surface area contributed by atoms with E-state index in [1.54, 1.807) is 12.0 Å². The molecule has 1 spiro atoms. The van der Waals surface area contributed by atoms with E-state index in [0.717, 1.165) is 19.4 Å². The van der Waals surface area contributed by atoms with Crippen molar-refractivity contribution in [3.8, 4) is 0 Å². The highest BCUT2D eigenvalue weighted by atomic mass is 16.5. The average molecular weight is 348 g/mol. The molecule has 2 aliphatic rings. The lowest BCUT2D eigenvalue weighted by atomic mass is 9.78. The molecule has 2 amide bonds. The number of aromatic nitrogens is 2. The van der Waals surface area contributed by atoms with E-state index in [1.807, 2.05) is 4.90 Å². The van der Waals surface area contributed by atoms with E-state index in [1.165, 1.54) is 12.5 Å². The third-order valence-electron chi connectivity index (χ3n) is 5.23. The Morgan fingerprint density at radius 2 is 2.20 bits per heavy atom. The van der Waals surface area contributed by atoms with Crippen LogP contribution in [0.25, 0.3) is 0 Å². The minimum Gasteiger partial charge on any atom is -0.383 e. The molecule has 0 unspecified atom stereocenters. The minimum atomic E-state index is -0.469. The molecule has 1 atom stereocenters. The van der Waals surface area contributed by atoms with Gasteiger partial charge < -0.3 is 19.5 Å². The zero-order valence-electron chi connectivity index (χ0n) is 14.5. The number of ether oxygens (including phenoxy) is 1. The van der Waals surface area contributed by atoms with Crippen LogP contribution in [0.2, 0.25) is 0 Å². The van der Waals surface area contributed by atoms with Gasteiger partial charge in [-0.05, 0) is 19.3 Å². The minimum absolute atomic E-state index is 0.0147. The lowest BCUT2D eigenvalue weighted by Crippen LogP contribution is -2.51. The third kappa shape index (κ3) is 3.58. The van der Waals surface area contributed by atoms with Crippen molar-refractivity contribution in [2.75, 3.05) is 39.9 Å². The maximum Gasteiger partial charge on any atom is 0.254 e. The van der Waals surface area contributed by atoms with Gasteiger partial charge in [-0.1, -0.05) is 0 Å². The summed E-state index contributed by atoms with van der Waals surface area (Å²) in [6.45, 7) is 2.86. The second-order valence-corrected chi connectivity index (χ2v) is 6.82. The summed E-state index contributed by atoms with van der Waals surface area (Å²) in [5.74, 6) is 0.00233. The number of likely N-dealkylation sites (tertiary alicyclic amines) is 2. The van der Waals surface area contributed by atoms with Crippen molar-refractivity contribution < 1.29 is 14.3 Å². The van der Waals surface area contributed by atoms with E-state index < -0.39 is 5.41 Å². The normalized spacial score (nSPS) is 23.5. The number of aromatic amines is 1. The van der Waals surface area contributed by atoms with Crippen LogP contribution in [-0.2, 0) is 20.7 Å². The molecular formula is C17H24N4O4. The topological polar surface area (TPSA) is 95.6 Å². The van der Waals surface area contributed by atoms with Crippen LogP contribution >= 0.6 is 0 Å². The average Bonchev–Trinajstić information content (AvgIpc) is 3.04. The zero-order valence-corrected chi connectivity index (χ0v) is 14.5. The number of hydrogen-bond donors (Lipinski definition) is 1. The molecule has 3 heterocycles. The van der Waals surface area contributed by atoms with Crippen LogP contribution < -0.4 is 5.56 Å². The molecule has 8 heteroatoms. The predicted molar refractivity (Wildman–Crippen MR) is 89.9 cm³/mol. The second-order valence-electron chi connectivity index (χ2n) is 6.82. The second kappa shape index (κ2) is 7.35. The van der Waals surface area contributed by atoms with Crippen molar-refractivity contribution in [2.24, 2.45) is 5.41 Å². The highest BCUT2D eigenvalue weighted by molar-refractivity contribution is 5.86. The highest BCUT2D eigenvalue weighted by Crippen LogP contribution is 2.40. The van der Waals surface area contributed by atoms with Gasteiger partial charge in [0.15, 0.2) is 0 Å². The number of methoxy groups -OCH3 is 1. The molecule has 0 aliphatic carbocycles. The van der Waals surface area contributed by atoms with E-state index in [4.69, 9.17) is 4.74 Å². The molecule has 1 aromatic heterocycles. The fourth-order valence-corrected chi connectivity index (χ4v) is 3.81. The first-order chi connectivity index (χ1) is 12.1. The van der Waals surface area contributed by atoms with Crippen molar-refractivity contribution in [1.82, 2.24) is 19.8 Å². The number of carbonyl (C=O) groups is 2. The van der Waals surface area contributed by atoms with Crippen molar-refractivity contribution in [2.45, 2.75) is 25.7 Å². The molecular weight excluding hydrogens is 324 g/mol. The van der Waals surface area contributed by atoms with E-state index in [-0.39, 0.29) is 23.8 Å². The number of piperidine rings is 1. The van der Waals surface area contributed by atoms with Crippen LogP contribution in [-0.4, -0.2) is 71.5 Å². The summed E-state index contributed by atoms with van der Waals surface area (Å²) >= 11 is 0. The van der Waals surface area contributed by atoms with Crippen molar-refractivity contribution in [3.05, 3.63) is 28.4 Å². The summed E-state index contributed by atoms with van der Waals surface area (Å²) in [7, 11) is 1.63. The molecule has 3 rings (SSSR count). The fraction of sp³-hybridized carbons (Fsp3) is 0.647. The Morgan fingerprint density at radius 3 is 2.96 bits per heavy atom. The lowest BCUT2D eigenvalue weighted by Gasteiger charge is -2.39. The first-order valence-electron chi connectivity index (χ1n) is 8.63. The summed E-state index contributed by atoms with van der Waals surface area (Å²) < 4.78 is 5.08. The molecule has 2 saturated heterocycles. The summed E-state index contributed by atoms with van der Waals surface area (Å²) in [4.78, 5) is 47.1. The van der Waals surface area contributed by atoms with Gasteiger partial charge >= 0.3 is 0 Å². The quantitative estimate of drug-likeness (QED) is 0.795. The zero-order chi connectivity index (χ0) is 17.9. The van der Waals surface area contributed by atoms with Crippen LogP contribution in [0.5, 0.6) is 0 Å². The smallest absolute Gasteiger partial charge is 0.254 e. The standard InChI is InChI=1S/C17H24N4O4/c1-25-8-7-20-5-2-3-17(16(20)24)4-6-21(11-17)14(22)9-13-10-18-12-19-15(13)23/h10,12H,2-9,11H2,1H3,(H,18,19,23)/t17-/m0/s1. The Morgan fingerprint density at radius 1 is 1.36 bits per heavy atom. The number of nitrogens with one attached hydrogen (secondary N) is 1. The van der Waals surface area contributed by atoms with Crippen LogP contribution in [0.15, 0.2) is 17.3 Å². The van der Waals surface area contributed by atoms with Crippen LogP contribution in [0.4, 0.5) is 0 Å². The van der Waals surface area contributed by atoms with E-state index >= 15 is 0 Å². The van der Waals surface area contributed by atoms with Gasteiger partial charge in [-0.2, -0.15) is 0 Å². The number of amides is 2. The Balaban J connectivity index is 1.66. The summed E-state index contributed by atoms with van der Waals surface area (Å²) in [5, 5.41) is 0. The van der Waals surface area contributed by atoms with Gasteiger partial charge in [-0.25, -0.2) is 4.98 Å². The van der Waals surface area contributed by atoms with Crippen LogP contribution in [0.3, 0.4) is 0 Å². The molecule has 0 bridgehead atoms. The first kappa shape index (κ1) is 17.6. The van der Waals surface area contributed by atoms with E-state index in [0.29, 0.717) is 38.2 Å². The lowest BCUT2D eigenvalue weighted by molar-refractivity contribution is -0.146. The fourth-order valence-electron chi connectivity index (χ4n) is 3.81. The summed E-state index contributed by atoms with van der Waals surface area (Å²) in [5.41, 5.74) is -0.412. The summed E-state index contributed by atoms with van der Waals surface area (Å²) in [6, 6.07) is 0. The van der Waals surface area contributed by atoms with Gasteiger partial charge in [0.2, 0.25) is 11.8 Å². The van der Waals surface area contributed by atoms with Crippen LogP contribution in [0.1, 0.15) is 24.8 Å². The summed E-state index contributed by atoms with van der Waals surface area (Å²) in [6.07, 6.45) is 5.18. The SMILES string of the molecule is COCCN1CCC[C@@]2(CCN(C(=O)Cc3cnc[nH]c3=O)C2)C1=O. The molecule has 1 N–H and O–H groups in total. The first-order valence-corrected chi connectivity index (χ1v) is 8.63. The monoisotopic (exact) mass is 348 g/mol. The van der Waals surface area contributed by atoms with Gasteiger partial charge in [-0.3, -0.25) is 14.4 Å². The number of carbonyl (C=O) groups excluding carboxylic acids is 2. The molecule has 0 saturated carbocycles. The molecule has 1 aromatic rings. The van der Waals surface area contributed by atoms with Gasteiger partial charge in [0, 0.05) is 45.0 Å². The van der Waals surface area contributed by atoms with Gasteiger partial charge in [0.1, 0.15) is 0 Å². The Kier molecular flexibility index (Phi) is 5.17. The van der Waals surface area contributed by atoms with E-state index in [2.05, 4.69) is 9.97 Å². The Labute approximate surface area is 146 Å². The number of H-pyrrole nitrogens is 1. The molecule has 2 fully saturated rings. The number of hydrogen-bond acceptors (Lipinski definition) is 5. The Hall–Kier alpha value is -2.22. The predicted octanol–water partition coefficient (Wildman–Crippen LogP) is -0.200. The highest BCUT2D eigenvalue weighted by Gasteiger charge is 2.49. The van der Waals surface area contributed by atoms with Gasteiger partial charge in [0.25, 0.3) is 5.56 Å². The molecule has 8 nitrogen and oxygen atoms in total. The number of nitrogens with zero attached hydrogens (tertiary/aromatic N) is 3. The molecule has 0 aromatic carbocycles. The van der Waals surface area contributed by atoms with Gasteiger partial charge in [-0.15, -0.1) is 0 Å².